The molecule has 1 fully saturated rings. The summed E-state index contributed by atoms with van der Waals surface area (Å²) in [5.74, 6) is -4.69. The molecule has 3 N–H and O–H groups in total. The Morgan fingerprint density at radius 3 is 2.23 bits per heavy atom. The first-order valence-corrected chi connectivity index (χ1v) is 8.98. The summed E-state index contributed by atoms with van der Waals surface area (Å²) in [6.45, 7) is -0.102. The van der Waals surface area contributed by atoms with Crippen LogP contribution in [0.4, 0.5) is 23.7 Å². The maximum atomic E-state index is 14.7. The van der Waals surface area contributed by atoms with E-state index in [2.05, 4.69) is 16.0 Å². The molecule has 1 aliphatic rings. The average Bonchev–Trinajstić information content (AvgIpc) is 3.02. The zero-order chi connectivity index (χ0) is 22.0. The van der Waals surface area contributed by atoms with Crippen LogP contribution in [0, 0.1) is 17.5 Å². The van der Waals surface area contributed by atoms with Crippen molar-refractivity contribution in [1.29, 1.82) is 0 Å². The molecule has 0 spiro atoms. The maximum Gasteiger partial charge on any atom is 0.319 e. The minimum Gasteiger partial charge on any atom is -0.354 e. The van der Waals surface area contributed by atoms with Crippen molar-refractivity contribution in [3.8, 4) is 0 Å². The number of amides is 4. The van der Waals surface area contributed by atoms with Gasteiger partial charge in [-0.05, 0) is 36.4 Å². The summed E-state index contributed by atoms with van der Waals surface area (Å²) in [6.07, 6.45) is 0. The van der Waals surface area contributed by atoms with Gasteiger partial charge in [0.15, 0.2) is 0 Å². The molecule has 10 heteroatoms. The van der Waals surface area contributed by atoms with Gasteiger partial charge in [0.1, 0.15) is 23.5 Å². The molecule has 3 rings (SSSR count). The van der Waals surface area contributed by atoms with Crippen molar-refractivity contribution >= 4 is 23.5 Å². The highest BCUT2D eigenvalue weighted by Gasteiger charge is 2.40. The minimum absolute atomic E-state index is 0.102. The Hall–Kier alpha value is -3.56. The number of hydrogen-bond acceptors (Lipinski definition) is 3. The Bertz CT molecular complexity index is 972. The van der Waals surface area contributed by atoms with E-state index in [1.54, 1.807) is 0 Å². The number of benzene rings is 2. The van der Waals surface area contributed by atoms with E-state index in [-0.39, 0.29) is 17.8 Å². The predicted octanol–water partition coefficient (Wildman–Crippen LogP) is 2.21. The third-order valence-electron chi connectivity index (χ3n) is 4.67. The molecule has 2 atom stereocenters. The second-order valence-corrected chi connectivity index (χ2v) is 6.99. The first-order chi connectivity index (χ1) is 14.2. The van der Waals surface area contributed by atoms with E-state index in [1.807, 2.05) is 0 Å². The second kappa shape index (κ2) is 8.44. The summed E-state index contributed by atoms with van der Waals surface area (Å²) in [5, 5.41) is 7.27. The fourth-order valence-corrected chi connectivity index (χ4v) is 3.22. The van der Waals surface area contributed by atoms with Gasteiger partial charge in [0.2, 0.25) is 5.91 Å². The number of nitrogens with one attached hydrogen (secondary N) is 3. The van der Waals surface area contributed by atoms with Crippen molar-refractivity contribution in [2.75, 3.05) is 26.0 Å². The van der Waals surface area contributed by atoms with Crippen LogP contribution >= 0.6 is 0 Å². The lowest BCUT2D eigenvalue weighted by Crippen LogP contribution is -2.45. The number of urea groups is 1. The third kappa shape index (κ3) is 4.37. The Morgan fingerprint density at radius 2 is 1.67 bits per heavy atom. The molecule has 7 nitrogen and oxygen atoms in total. The van der Waals surface area contributed by atoms with Gasteiger partial charge in [0.05, 0.1) is 0 Å². The van der Waals surface area contributed by atoms with Crippen LogP contribution < -0.4 is 16.0 Å². The van der Waals surface area contributed by atoms with Gasteiger partial charge < -0.3 is 20.9 Å². The van der Waals surface area contributed by atoms with E-state index >= 15 is 0 Å². The van der Waals surface area contributed by atoms with Crippen molar-refractivity contribution < 1.29 is 27.6 Å². The molecule has 158 valence electrons. The number of hydrogen-bond donors (Lipinski definition) is 3. The van der Waals surface area contributed by atoms with Crippen molar-refractivity contribution in [3.05, 3.63) is 65.0 Å². The Kier molecular flexibility index (Phi) is 5.95. The molecule has 4 amide bonds. The molecule has 0 radical (unpaired) electrons. The molecule has 2 unspecified atom stereocenters. The fraction of sp³-hybridized carbons (Fsp3) is 0.250. The first kappa shape index (κ1) is 21.2. The topological polar surface area (TPSA) is 90.5 Å². The lowest BCUT2D eigenvalue weighted by atomic mass is 9.92. The van der Waals surface area contributed by atoms with Crippen molar-refractivity contribution in [2.45, 2.75) is 12.0 Å². The highest BCUT2D eigenvalue weighted by atomic mass is 19.1. The van der Waals surface area contributed by atoms with Crippen LogP contribution in [0.25, 0.3) is 0 Å². The van der Waals surface area contributed by atoms with Gasteiger partial charge in [-0.2, -0.15) is 0 Å². The van der Waals surface area contributed by atoms with Crippen molar-refractivity contribution in [2.24, 2.45) is 0 Å². The summed E-state index contributed by atoms with van der Waals surface area (Å²) in [6, 6.07) is 4.68. The number of carbonyl (C=O) groups excluding carboxylic acids is 3. The lowest BCUT2D eigenvalue weighted by Gasteiger charge is -2.21. The van der Waals surface area contributed by atoms with Crippen LogP contribution in [0.1, 0.15) is 21.8 Å². The van der Waals surface area contributed by atoms with Crippen molar-refractivity contribution in [1.82, 2.24) is 15.5 Å². The van der Waals surface area contributed by atoms with Gasteiger partial charge in [-0.3, -0.25) is 9.59 Å². The Morgan fingerprint density at radius 1 is 1.07 bits per heavy atom. The van der Waals surface area contributed by atoms with E-state index in [4.69, 9.17) is 0 Å². The van der Waals surface area contributed by atoms with E-state index in [1.165, 1.54) is 31.1 Å². The van der Waals surface area contributed by atoms with E-state index < -0.39 is 52.8 Å². The minimum atomic E-state index is -1.25. The van der Waals surface area contributed by atoms with Gasteiger partial charge in [0, 0.05) is 43.4 Å². The summed E-state index contributed by atoms with van der Waals surface area (Å²) in [4.78, 5) is 37.6. The SMILES string of the molecule is CN(C)C(=O)c1cc(F)c(C2CNC(=O)C2NC(=O)Nc2ccc(F)cc2)c(F)c1. The smallest absolute Gasteiger partial charge is 0.319 e. The highest BCUT2D eigenvalue weighted by molar-refractivity contribution is 5.96. The Labute approximate surface area is 170 Å². The number of halogens is 3. The van der Waals surface area contributed by atoms with Gasteiger partial charge in [0.25, 0.3) is 5.91 Å². The van der Waals surface area contributed by atoms with Crippen LogP contribution in [0.2, 0.25) is 0 Å². The Balaban J connectivity index is 1.81. The van der Waals surface area contributed by atoms with Gasteiger partial charge >= 0.3 is 6.03 Å². The van der Waals surface area contributed by atoms with Crippen LogP contribution in [0.15, 0.2) is 36.4 Å². The molecule has 0 saturated carbocycles. The molecule has 2 aromatic carbocycles. The fourth-order valence-electron chi connectivity index (χ4n) is 3.22. The molecular formula is C20H19F3N4O3. The zero-order valence-electron chi connectivity index (χ0n) is 16.1. The van der Waals surface area contributed by atoms with Crippen LogP contribution in [-0.2, 0) is 4.79 Å². The van der Waals surface area contributed by atoms with Crippen LogP contribution in [-0.4, -0.2) is 49.4 Å². The molecule has 2 aromatic rings. The van der Waals surface area contributed by atoms with Crippen LogP contribution in [0.3, 0.4) is 0 Å². The summed E-state index contributed by atoms with van der Waals surface area (Å²) in [7, 11) is 2.90. The first-order valence-electron chi connectivity index (χ1n) is 8.98. The largest absolute Gasteiger partial charge is 0.354 e. The molecule has 0 bridgehead atoms. The monoisotopic (exact) mass is 420 g/mol. The normalized spacial score (nSPS) is 18.0. The summed E-state index contributed by atoms with van der Waals surface area (Å²) in [5.41, 5.74) is -0.307. The molecule has 1 heterocycles. The predicted molar refractivity (Wildman–Crippen MR) is 102 cm³/mol. The molecule has 0 aliphatic carbocycles. The number of nitrogens with zero attached hydrogens (tertiary/aromatic N) is 1. The molecule has 30 heavy (non-hydrogen) atoms. The quantitative estimate of drug-likeness (QED) is 0.709. The standard InChI is InChI=1S/C20H19F3N4O3/c1-27(2)19(29)10-7-14(22)16(15(23)8-10)13-9-24-18(28)17(13)26-20(30)25-12-5-3-11(21)4-6-12/h3-8,13,17H,9H2,1-2H3,(H,24,28)(H2,25,26,30). The van der Waals surface area contributed by atoms with E-state index in [9.17, 15) is 27.6 Å². The lowest BCUT2D eigenvalue weighted by molar-refractivity contribution is -0.120. The van der Waals surface area contributed by atoms with Gasteiger partial charge in [-0.15, -0.1) is 0 Å². The van der Waals surface area contributed by atoms with E-state index in [0.29, 0.717) is 0 Å². The van der Waals surface area contributed by atoms with Gasteiger partial charge in [-0.1, -0.05) is 0 Å². The highest BCUT2D eigenvalue weighted by Crippen LogP contribution is 2.30. The molecule has 1 aliphatic heterocycles. The zero-order valence-corrected chi connectivity index (χ0v) is 16.1. The molecule has 0 aromatic heterocycles. The number of rotatable bonds is 4. The second-order valence-electron chi connectivity index (χ2n) is 6.99. The number of carbonyl (C=O) groups is 3. The van der Waals surface area contributed by atoms with E-state index in [0.717, 1.165) is 24.3 Å². The molecule has 1 saturated heterocycles. The van der Waals surface area contributed by atoms with Crippen LogP contribution in [0.5, 0.6) is 0 Å². The molecular weight excluding hydrogens is 401 g/mol. The van der Waals surface area contributed by atoms with Gasteiger partial charge in [-0.25, -0.2) is 18.0 Å². The summed E-state index contributed by atoms with van der Waals surface area (Å²) < 4.78 is 42.4. The van der Waals surface area contributed by atoms with Crippen molar-refractivity contribution in [3.63, 3.8) is 0 Å². The maximum absolute atomic E-state index is 14.7. The average molecular weight is 420 g/mol. The third-order valence-corrected chi connectivity index (χ3v) is 4.67. The number of anilines is 1. The summed E-state index contributed by atoms with van der Waals surface area (Å²) >= 11 is 0.